The molecule has 10 nitrogen and oxygen atoms in total. The molecule has 1 fully saturated rings. The van der Waals surface area contributed by atoms with E-state index in [-0.39, 0.29) is 12.5 Å². The summed E-state index contributed by atoms with van der Waals surface area (Å²) < 4.78 is 51.8. The van der Waals surface area contributed by atoms with E-state index in [2.05, 4.69) is 19.9 Å². The number of carbonyl (C=O) groups excluding carboxylic acids is 1. The number of hydrogen-bond donors (Lipinski definition) is 0. The molecule has 5 heterocycles. The van der Waals surface area contributed by atoms with Gasteiger partial charge in [0.2, 0.25) is 11.8 Å². The fourth-order valence-electron chi connectivity index (χ4n) is 5.68. The summed E-state index contributed by atoms with van der Waals surface area (Å²) in [4.78, 5) is 33.1. The summed E-state index contributed by atoms with van der Waals surface area (Å²) in [5, 5.41) is 0.951. The zero-order valence-corrected chi connectivity index (χ0v) is 26.3. The average Bonchev–Trinajstić information content (AvgIpc) is 3.46. The molecule has 0 amide bonds. The van der Waals surface area contributed by atoms with Crippen molar-refractivity contribution in [1.82, 2.24) is 29.4 Å². The molecule has 46 heavy (non-hydrogen) atoms. The number of fused-ring (bicyclic) bond motifs is 1. The summed E-state index contributed by atoms with van der Waals surface area (Å²) in [6, 6.07) is 9.03. The van der Waals surface area contributed by atoms with Gasteiger partial charge in [0, 0.05) is 53.9 Å². The van der Waals surface area contributed by atoms with Crippen LogP contribution in [-0.4, -0.2) is 62.1 Å². The number of methoxy groups -OCH3 is 1. The van der Waals surface area contributed by atoms with E-state index in [0.717, 1.165) is 43.3 Å². The van der Waals surface area contributed by atoms with Crippen LogP contribution in [0.5, 0.6) is 11.6 Å². The first kappa shape index (κ1) is 32.0. The molecule has 0 spiro atoms. The maximum atomic E-state index is 13.1. The monoisotopic (exact) mass is 675 g/mol. The van der Waals surface area contributed by atoms with Crippen molar-refractivity contribution < 1.29 is 27.4 Å². The largest absolute Gasteiger partial charge is 0.469 e. The number of aromatic nitrogens is 5. The van der Waals surface area contributed by atoms with Gasteiger partial charge in [-0.25, -0.2) is 19.9 Å². The van der Waals surface area contributed by atoms with Crippen LogP contribution in [-0.2, 0) is 35.3 Å². The molecule has 0 unspecified atom stereocenters. The van der Waals surface area contributed by atoms with E-state index in [9.17, 15) is 18.0 Å². The number of benzene rings is 1. The highest BCUT2D eigenvalue weighted by atomic mass is 35.5. The molecule has 0 radical (unpaired) electrons. The first-order chi connectivity index (χ1) is 22.0. The molecule has 6 rings (SSSR count). The number of nitrogens with zero attached hydrogens (tertiary/aromatic N) is 7. The second-order valence-electron chi connectivity index (χ2n) is 11.3. The third kappa shape index (κ3) is 7.71. The lowest BCUT2D eigenvalue weighted by atomic mass is 9.93. The molecule has 4 aromatic rings. The molecule has 2 aliphatic rings. The van der Waals surface area contributed by atoms with Gasteiger partial charge in [-0.05, 0) is 61.7 Å². The third-order valence-corrected chi connectivity index (χ3v) is 8.47. The smallest absolute Gasteiger partial charge is 0.434 e. The molecule has 0 N–H and O–H groups in total. The first-order valence-corrected chi connectivity index (χ1v) is 15.4. The van der Waals surface area contributed by atoms with Gasteiger partial charge in [0.15, 0.2) is 11.4 Å². The minimum Gasteiger partial charge on any atom is -0.469 e. The number of anilines is 1. The van der Waals surface area contributed by atoms with Crippen LogP contribution in [0.1, 0.15) is 36.3 Å². The second kappa shape index (κ2) is 13.4. The molecule has 0 aliphatic carbocycles. The fourth-order valence-corrected chi connectivity index (χ4v) is 6.21. The van der Waals surface area contributed by atoms with E-state index in [1.54, 1.807) is 23.1 Å². The van der Waals surface area contributed by atoms with Gasteiger partial charge in [-0.3, -0.25) is 9.69 Å². The number of pyridine rings is 1. The maximum Gasteiger partial charge on any atom is 0.434 e. The van der Waals surface area contributed by atoms with E-state index < -0.39 is 11.9 Å². The minimum absolute atomic E-state index is 0.144. The van der Waals surface area contributed by atoms with Crippen LogP contribution >= 0.6 is 23.2 Å². The summed E-state index contributed by atoms with van der Waals surface area (Å²) in [5.41, 5.74) is 1.40. The number of carbonyl (C=O) groups is 1. The van der Waals surface area contributed by atoms with Crippen molar-refractivity contribution in [1.29, 1.82) is 0 Å². The number of imidazole rings is 1. The van der Waals surface area contributed by atoms with Crippen LogP contribution in [0.25, 0.3) is 11.3 Å². The average molecular weight is 677 g/mol. The van der Waals surface area contributed by atoms with Crippen molar-refractivity contribution in [2.75, 3.05) is 31.6 Å². The van der Waals surface area contributed by atoms with Gasteiger partial charge in [0.25, 0.3) is 0 Å². The van der Waals surface area contributed by atoms with E-state index >= 15 is 0 Å². The van der Waals surface area contributed by atoms with Gasteiger partial charge in [0.1, 0.15) is 5.82 Å². The van der Waals surface area contributed by atoms with Crippen molar-refractivity contribution in [2.45, 2.75) is 45.1 Å². The lowest BCUT2D eigenvalue weighted by molar-refractivity contribution is -0.142. The Morgan fingerprint density at radius 3 is 2.37 bits per heavy atom. The summed E-state index contributed by atoms with van der Waals surface area (Å²) in [7, 11) is 1.41. The fraction of sp³-hybridized carbons (Fsp3) is 0.387. The van der Waals surface area contributed by atoms with Crippen molar-refractivity contribution in [3.63, 3.8) is 0 Å². The Labute approximate surface area is 273 Å². The zero-order valence-electron chi connectivity index (χ0n) is 24.8. The number of piperidine rings is 1. The Hall–Kier alpha value is -3.94. The number of halogens is 5. The Kier molecular flexibility index (Phi) is 9.34. The van der Waals surface area contributed by atoms with Gasteiger partial charge >= 0.3 is 12.1 Å². The van der Waals surface area contributed by atoms with Crippen LogP contribution in [0.4, 0.5) is 19.1 Å². The first-order valence-electron chi connectivity index (χ1n) is 14.7. The summed E-state index contributed by atoms with van der Waals surface area (Å²) in [6.07, 6.45) is 1.75. The molecule has 242 valence electrons. The van der Waals surface area contributed by atoms with E-state index in [1.807, 2.05) is 12.1 Å². The van der Waals surface area contributed by atoms with Crippen LogP contribution in [0.2, 0.25) is 10.0 Å². The van der Waals surface area contributed by atoms with Gasteiger partial charge in [-0.15, -0.1) is 0 Å². The summed E-state index contributed by atoms with van der Waals surface area (Å²) in [6.45, 7) is 3.21. The third-order valence-electron chi connectivity index (χ3n) is 8.03. The van der Waals surface area contributed by atoms with Crippen molar-refractivity contribution in [3.8, 4) is 22.9 Å². The SMILES string of the molecule is COC(=O)CC1CCN(Cc2cc(Oc3cnc(N4CCn5cc(C(F)(F)F)nc5C4)nc3)nc(-c3cc(Cl)cc(Cl)c3)c2)CC1. The molecule has 0 bridgehead atoms. The Morgan fingerprint density at radius 1 is 0.978 bits per heavy atom. The lowest BCUT2D eigenvalue weighted by Crippen LogP contribution is -2.34. The van der Waals surface area contributed by atoms with Crippen molar-refractivity contribution in [3.05, 3.63) is 76.0 Å². The topological polar surface area (TPSA) is 98.5 Å². The highest BCUT2D eigenvalue weighted by molar-refractivity contribution is 6.35. The highest BCUT2D eigenvalue weighted by Crippen LogP contribution is 2.32. The van der Waals surface area contributed by atoms with Crippen molar-refractivity contribution >= 4 is 35.1 Å². The summed E-state index contributed by atoms with van der Waals surface area (Å²) in [5.74, 6) is 1.42. The molecule has 0 saturated carbocycles. The Bertz CT molecular complexity index is 1690. The minimum atomic E-state index is -4.50. The molecular formula is C31H30Cl2F3N7O3. The van der Waals surface area contributed by atoms with E-state index in [4.69, 9.17) is 37.7 Å². The van der Waals surface area contributed by atoms with Crippen LogP contribution in [0, 0.1) is 5.92 Å². The highest BCUT2D eigenvalue weighted by Gasteiger charge is 2.36. The van der Waals surface area contributed by atoms with E-state index in [0.29, 0.717) is 71.1 Å². The number of alkyl halides is 3. The van der Waals surface area contributed by atoms with Gasteiger partial charge < -0.3 is 18.9 Å². The molecule has 3 aromatic heterocycles. The number of likely N-dealkylation sites (tertiary alicyclic amines) is 1. The molecular weight excluding hydrogens is 646 g/mol. The van der Waals surface area contributed by atoms with Crippen LogP contribution in [0.3, 0.4) is 0 Å². The Balaban J connectivity index is 1.18. The van der Waals surface area contributed by atoms with Gasteiger partial charge in [-0.2, -0.15) is 13.2 Å². The predicted molar refractivity (Wildman–Crippen MR) is 165 cm³/mol. The number of ether oxygens (including phenoxy) is 2. The van der Waals surface area contributed by atoms with Gasteiger partial charge in [0.05, 0.1) is 31.7 Å². The number of esters is 1. The normalized spacial score (nSPS) is 15.9. The molecule has 0 atom stereocenters. The standard InChI is InChI=1S/C31H30Cl2F3N7O3/c1-45-29(44)10-19-2-4-41(5-3-19)16-20-8-25(21-11-22(32)13-23(33)12-21)39-28(9-20)46-24-14-37-30(38-15-24)43-7-6-42-17-26(31(34,35)36)40-27(42)18-43/h8-9,11-15,17,19H,2-7,10,16,18H2,1H3. The predicted octanol–water partition coefficient (Wildman–Crippen LogP) is 6.65. The molecule has 15 heteroatoms. The number of rotatable bonds is 8. The van der Waals surface area contributed by atoms with Gasteiger partial charge in [-0.1, -0.05) is 23.2 Å². The number of hydrogen-bond acceptors (Lipinski definition) is 9. The second-order valence-corrected chi connectivity index (χ2v) is 12.2. The zero-order chi connectivity index (χ0) is 32.4. The quantitative estimate of drug-likeness (QED) is 0.190. The summed E-state index contributed by atoms with van der Waals surface area (Å²) >= 11 is 12.6. The maximum absolute atomic E-state index is 13.1. The van der Waals surface area contributed by atoms with Crippen LogP contribution < -0.4 is 9.64 Å². The van der Waals surface area contributed by atoms with E-state index in [1.165, 1.54) is 24.1 Å². The van der Waals surface area contributed by atoms with Crippen LogP contribution in [0.15, 0.2) is 48.9 Å². The Morgan fingerprint density at radius 2 is 1.70 bits per heavy atom. The molecule has 1 saturated heterocycles. The molecule has 2 aliphatic heterocycles. The molecule has 1 aromatic carbocycles. The van der Waals surface area contributed by atoms with Crippen molar-refractivity contribution in [2.24, 2.45) is 5.92 Å². The lowest BCUT2D eigenvalue weighted by Gasteiger charge is -2.31.